The zero-order valence-corrected chi connectivity index (χ0v) is 14.7. The van der Waals surface area contributed by atoms with Crippen molar-refractivity contribution in [3.63, 3.8) is 0 Å². The number of hydrogen-bond acceptors (Lipinski definition) is 4. The summed E-state index contributed by atoms with van der Waals surface area (Å²) in [6.07, 6.45) is 6.11. The number of ether oxygens (including phenoxy) is 1. The van der Waals surface area contributed by atoms with Crippen molar-refractivity contribution >= 4 is 17.5 Å². The molecule has 4 rings (SSSR count). The first-order valence-electron chi connectivity index (χ1n) is 9.32. The molecule has 134 valence electrons. The summed E-state index contributed by atoms with van der Waals surface area (Å²) < 4.78 is 5.51. The van der Waals surface area contributed by atoms with Crippen LogP contribution in [0, 0.1) is 11.8 Å². The van der Waals surface area contributed by atoms with E-state index in [-0.39, 0.29) is 17.7 Å². The van der Waals surface area contributed by atoms with Crippen LogP contribution in [0.5, 0.6) is 0 Å². The van der Waals surface area contributed by atoms with E-state index in [2.05, 4.69) is 34.9 Å². The molecule has 1 heterocycles. The highest BCUT2D eigenvalue weighted by molar-refractivity contribution is 5.98. The van der Waals surface area contributed by atoms with Gasteiger partial charge in [-0.15, -0.1) is 0 Å². The Kier molecular flexibility index (Phi) is 4.50. The quantitative estimate of drug-likeness (QED) is 0.826. The molecule has 3 aliphatic rings. The number of benzene rings is 1. The van der Waals surface area contributed by atoms with Gasteiger partial charge in [-0.3, -0.25) is 14.9 Å². The van der Waals surface area contributed by atoms with Crippen molar-refractivity contribution in [2.75, 3.05) is 12.4 Å². The van der Waals surface area contributed by atoms with Gasteiger partial charge in [-0.25, -0.2) is 0 Å². The Labute approximate surface area is 148 Å². The van der Waals surface area contributed by atoms with Crippen LogP contribution >= 0.6 is 0 Å². The number of amides is 2. The number of fused-ring (bicyclic) bond motifs is 1. The molecule has 2 aliphatic carbocycles. The summed E-state index contributed by atoms with van der Waals surface area (Å²) in [5.74, 6) is 1.26. The third-order valence-corrected chi connectivity index (χ3v) is 6.20. The van der Waals surface area contributed by atoms with Crippen LogP contribution in [0.15, 0.2) is 24.3 Å². The van der Waals surface area contributed by atoms with Crippen molar-refractivity contribution in [2.45, 2.75) is 56.6 Å². The van der Waals surface area contributed by atoms with E-state index >= 15 is 0 Å². The van der Waals surface area contributed by atoms with E-state index in [0.717, 1.165) is 23.1 Å². The first kappa shape index (κ1) is 16.6. The van der Waals surface area contributed by atoms with Crippen LogP contribution in [-0.2, 0) is 14.3 Å². The number of imide groups is 1. The molecule has 1 saturated heterocycles. The highest BCUT2D eigenvalue weighted by atomic mass is 16.5. The van der Waals surface area contributed by atoms with Crippen molar-refractivity contribution in [1.29, 1.82) is 0 Å². The maximum atomic E-state index is 11.5. The number of hydrogen-bond donors (Lipinski definition) is 2. The Morgan fingerprint density at radius 3 is 2.12 bits per heavy atom. The molecular formula is C20H26N2O3. The summed E-state index contributed by atoms with van der Waals surface area (Å²) in [5, 5.41) is 6.03. The number of carbonyl (C=O) groups is 2. The van der Waals surface area contributed by atoms with Crippen LogP contribution < -0.4 is 10.6 Å². The Hall–Kier alpha value is -1.88. The second-order valence-corrected chi connectivity index (χ2v) is 7.86. The van der Waals surface area contributed by atoms with Crippen molar-refractivity contribution in [2.24, 2.45) is 11.8 Å². The number of carbonyl (C=O) groups excluding carboxylic acids is 2. The molecule has 1 aliphatic heterocycles. The van der Waals surface area contributed by atoms with Gasteiger partial charge in [0, 0.05) is 37.6 Å². The minimum Gasteiger partial charge on any atom is -0.382 e. The van der Waals surface area contributed by atoms with Gasteiger partial charge >= 0.3 is 0 Å². The smallest absolute Gasteiger partial charge is 0.227 e. The standard InChI is InChI=1S/C20H26N2O3/c1-25-18-8-13-6-17(7-14(13)9-18)21-16-4-2-12(3-5-16)15-10-19(23)22-20(24)11-15/h2-5,13-15,17-18,21H,6-11H2,1H3,(H,22,23,24)/t13-,14+,17?,18?. The molecule has 5 heteroatoms. The average Bonchev–Trinajstić information content (AvgIpc) is 3.12. The second kappa shape index (κ2) is 6.79. The van der Waals surface area contributed by atoms with E-state index in [1.807, 2.05) is 7.11 Å². The van der Waals surface area contributed by atoms with E-state index in [9.17, 15) is 9.59 Å². The fourth-order valence-electron chi connectivity index (χ4n) is 4.97. The summed E-state index contributed by atoms with van der Waals surface area (Å²) in [6, 6.07) is 8.81. The van der Waals surface area contributed by atoms with Crippen LogP contribution in [-0.4, -0.2) is 31.1 Å². The zero-order chi connectivity index (χ0) is 17.4. The lowest BCUT2D eigenvalue weighted by molar-refractivity contribution is -0.133. The fraction of sp³-hybridized carbons (Fsp3) is 0.600. The first-order chi connectivity index (χ1) is 12.1. The fourth-order valence-corrected chi connectivity index (χ4v) is 4.97. The average molecular weight is 342 g/mol. The summed E-state index contributed by atoms with van der Waals surface area (Å²) in [5.41, 5.74) is 2.20. The SMILES string of the molecule is COC1C[C@H]2CC(Nc3ccc(C4CC(=O)NC(=O)C4)cc3)C[C@H]2C1. The maximum Gasteiger partial charge on any atom is 0.227 e. The Morgan fingerprint density at radius 1 is 0.960 bits per heavy atom. The lowest BCUT2D eigenvalue weighted by Gasteiger charge is -2.22. The molecule has 0 bridgehead atoms. The van der Waals surface area contributed by atoms with E-state index in [4.69, 9.17) is 4.74 Å². The van der Waals surface area contributed by atoms with Gasteiger partial charge in [0.15, 0.2) is 0 Å². The number of rotatable bonds is 4. The molecule has 0 spiro atoms. The Balaban J connectivity index is 1.34. The minimum atomic E-state index is -0.171. The molecule has 1 aromatic carbocycles. The van der Waals surface area contributed by atoms with Crippen LogP contribution in [0.4, 0.5) is 5.69 Å². The second-order valence-electron chi connectivity index (χ2n) is 7.86. The van der Waals surface area contributed by atoms with E-state index in [0.29, 0.717) is 25.0 Å². The molecule has 2 saturated carbocycles. The lowest BCUT2D eigenvalue weighted by Crippen LogP contribution is -2.37. The van der Waals surface area contributed by atoms with Gasteiger partial charge in [0.1, 0.15) is 0 Å². The number of piperidine rings is 1. The van der Waals surface area contributed by atoms with E-state index < -0.39 is 0 Å². The van der Waals surface area contributed by atoms with Crippen molar-refractivity contribution in [1.82, 2.24) is 5.32 Å². The van der Waals surface area contributed by atoms with Crippen molar-refractivity contribution < 1.29 is 14.3 Å². The Morgan fingerprint density at radius 2 is 1.56 bits per heavy atom. The van der Waals surface area contributed by atoms with Gasteiger partial charge in [-0.2, -0.15) is 0 Å². The van der Waals surface area contributed by atoms with Gasteiger partial charge in [-0.05, 0) is 55.2 Å². The normalized spacial score (nSPS) is 32.5. The van der Waals surface area contributed by atoms with Gasteiger partial charge in [-0.1, -0.05) is 12.1 Å². The summed E-state index contributed by atoms with van der Waals surface area (Å²) >= 11 is 0. The molecule has 2 amide bonds. The molecule has 25 heavy (non-hydrogen) atoms. The molecule has 2 N–H and O–H groups in total. The molecule has 2 unspecified atom stereocenters. The molecular weight excluding hydrogens is 316 g/mol. The van der Waals surface area contributed by atoms with Crippen LogP contribution in [0.2, 0.25) is 0 Å². The third kappa shape index (κ3) is 3.56. The summed E-state index contributed by atoms with van der Waals surface area (Å²) in [4.78, 5) is 23.1. The van der Waals surface area contributed by atoms with Crippen molar-refractivity contribution in [3.05, 3.63) is 29.8 Å². The predicted octanol–water partition coefficient (Wildman–Crippen LogP) is 2.82. The van der Waals surface area contributed by atoms with Gasteiger partial charge in [0.25, 0.3) is 0 Å². The number of nitrogens with one attached hydrogen (secondary N) is 2. The van der Waals surface area contributed by atoms with Crippen LogP contribution in [0.25, 0.3) is 0 Å². The van der Waals surface area contributed by atoms with Crippen molar-refractivity contribution in [3.8, 4) is 0 Å². The maximum absolute atomic E-state index is 11.5. The largest absolute Gasteiger partial charge is 0.382 e. The van der Waals surface area contributed by atoms with Crippen LogP contribution in [0.3, 0.4) is 0 Å². The van der Waals surface area contributed by atoms with Gasteiger partial charge in [0.2, 0.25) is 11.8 Å². The first-order valence-corrected chi connectivity index (χ1v) is 9.32. The molecule has 1 aromatic rings. The lowest BCUT2D eigenvalue weighted by atomic mass is 9.89. The molecule has 5 nitrogen and oxygen atoms in total. The molecule has 3 fully saturated rings. The summed E-state index contributed by atoms with van der Waals surface area (Å²) in [6.45, 7) is 0. The zero-order valence-electron chi connectivity index (χ0n) is 14.7. The number of anilines is 1. The van der Waals surface area contributed by atoms with Gasteiger partial charge < -0.3 is 10.1 Å². The van der Waals surface area contributed by atoms with Gasteiger partial charge in [0.05, 0.1) is 6.10 Å². The molecule has 4 atom stereocenters. The predicted molar refractivity (Wildman–Crippen MR) is 95.2 cm³/mol. The van der Waals surface area contributed by atoms with E-state index in [1.165, 1.54) is 25.7 Å². The highest BCUT2D eigenvalue weighted by Gasteiger charge is 2.41. The molecule has 0 aromatic heterocycles. The van der Waals surface area contributed by atoms with E-state index in [1.54, 1.807) is 0 Å². The summed E-state index contributed by atoms with van der Waals surface area (Å²) in [7, 11) is 1.83. The highest BCUT2D eigenvalue weighted by Crippen LogP contribution is 2.45. The third-order valence-electron chi connectivity index (χ3n) is 6.20. The topological polar surface area (TPSA) is 67.4 Å². The monoisotopic (exact) mass is 342 g/mol. The minimum absolute atomic E-state index is 0.00659. The van der Waals surface area contributed by atoms with Crippen LogP contribution in [0.1, 0.15) is 50.0 Å². The Bertz CT molecular complexity index is 627. The number of methoxy groups -OCH3 is 1. The molecule has 0 radical (unpaired) electrons.